The van der Waals surface area contributed by atoms with Crippen LogP contribution in [0.4, 0.5) is 17.3 Å². The van der Waals surface area contributed by atoms with Gasteiger partial charge in [0.2, 0.25) is 0 Å². The third kappa shape index (κ3) is 5.08. The first-order valence-electron chi connectivity index (χ1n) is 8.45. The second-order valence-electron chi connectivity index (χ2n) is 6.87. The van der Waals surface area contributed by atoms with E-state index in [9.17, 15) is 0 Å². The van der Waals surface area contributed by atoms with E-state index < -0.39 is 0 Å². The summed E-state index contributed by atoms with van der Waals surface area (Å²) in [6.07, 6.45) is 5.16. The molecule has 0 aliphatic carbocycles. The van der Waals surface area contributed by atoms with Crippen LogP contribution in [0.25, 0.3) is 0 Å². The van der Waals surface area contributed by atoms with Crippen LogP contribution in [0.2, 0.25) is 0 Å². The molecular weight excluding hydrogens is 300 g/mol. The molecule has 0 unspecified atom stereocenters. The topological polar surface area (TPSA) is 80.0 Å². The van der Waals surface area contributed by atoms with Gasteiger partial charge in [0.1, 0.15) is 12.0 Å². The summed E-state index contributed by atoms with van der Waals surface area (Å²) in [6.45, 7) is 11.3. The van der Waals surface area contributed by atoms with Gasteiger partial charge >= 0.3 is 0 Å². The monoisotopic (exact) mass is 328 g/mol. The van der Waals surface area contributed by atoms with Gasteiger partial charge in [-0.2, -0.15) is 0 Å². The highest BCUT2D eigenvalue weighted by molar-refractivity contribution is 5.74. The molecule has 0 spiro atoms. The van der Waals surface area contributed by atoms with Gasteiger partial charge in [-0.15, -0.1) is 0 Å². The Labute approximate surface area is 144 Å². The van der Waals surface area contributed by atoms with E-state index in [2.05, 4.69) is 52.9 Å². The normalized spacial score (nSPS) is 11.1. The van der Waals surface area contributed by atoms with Gasteiger partial charge in [0, 0.05) is 32.0 Å². The van der Waals surface area contributed by atoms with E-state index >= 15 is 0 Å². The minimum Gasteiger partial charge on any atom is -0.393 e. The Hall–Kier alpha value is -2.37. The fourth-order valence-electron chi connectivity index (χ4n) is 2.60. The third-order valence-electron chi connectivity index (χ3n) is 3.52. The highest BCUT2D eigenvalue weighted by Gasteiger charge is 2.17. The minimum atomic E-state index is 0.532. The number of rotatable bonds is 8. The van der Waals surface area contributed by atoms with Crippen molar-refractivity contribution in [2.75, 3.05) is 29.0 Å². The molecule has 0 aliphatic rings. The van der Waals surface area contributed by atoms with Crippen molar-refractivity contribution in [3.8, 4) is 0 Å². The first-order chi connectivity index (χ1) is 11.5. The van der Waals surface area contributed by atoms with Crippen LogP contribution in [0.3, 0.4) is 0 Å². The highest BCUT2D eigenvalue weighted by atomic mass is 15.2. The molecule has 0 bridgehead atoms. The average Bonchev–Trinajstić information content (AvgIpc) is 2.53. The SMILES string of the molecule is CC(C)CN(CC(C)C)c1ncnc(NCc2cccnc2)c1N. The lowest BCUT2D eigenvalue weighted by Crippen LogP contribution is -2.33. The summed E-state index contributed by atoms with van der Waals surface area (Å²) in [7, 11) is 0. The van der Waals surface area contributed by atoms with Gasteiger partial charge in [0.15, 0.2) is 11.6 Å². The summed E-state index contributed by atoms with van der Waals surface area (Å²) in [6, 6.07) is 3.93. The molecule has 130 valence electrons. The minimum absolute atomic E-state index is 0.532. The molecule has 2 rings (SSSR count). The number of nitrogens with two attached hydrogens (primary N) is 1. The molecule has 0 saturated heterocycles. The molecule has 0 radical (unpaired) electrons. The van der Waals surface area contributed by atoms with Gasteiger partial charge in [-0.3, -0.25) is 4.98 Å². The first kappa shape index (κ1) is 18.0. The Morgan fingerprint density at radius 3 is 2.42 bits per heavy atom. The first-order valence-corrected chi connectivity index (χ1v) is 8.45. The zero-order chi connectivity index (χ0) is 17.5. The smallest absolute Gasteiger partial charge is 0.157 e. The zero-order valence-corrected chi connectivity index (χ0v) is 15.0. The van der Waals surface area contributed by atoms with Gasteiger partial charge in [0.05, 0.1) is 0 Å². The van der Waals surface area contributed by atoms with Crippen molar-refractivity contribution in [1.82, 2.24) is 15.0 Å². The molecule has 0 atom stereocenters. The number of aromatic nitrogens is 3. The van der Waals surface area contributed by atoms with Crippen molar-refractivity contribution in [3.05, 3.63) is 36.4 Å². The van der Waals surface area contributed by atoms with E-state index in [0.29, 0.717) is 29.9 Å². The Kier molecular flexibility index (Phi) is 6.35. The molecule has 0 fully saturated rings. The molecule has 6 nitrogen and oxygen atoms in total. The molecule has 0 aromatic carbocycles. The number of pyridine rings is 1. The van der Waals surface area contributed by atoms with E-state index in [1.54, 1.807) is 12.5 Å². The van der Waals surface area contributed by atoms with Crippen molar-refractivity contribution in [3.63, 3.8) is 0 Å². The van der Waals surface area contributed by atoms with E-state index in [0.717, 1.165) is 24.5 Å². The fourth-order valence-corrected chi connectivity index (χ4v) is 2.60. The molecule has 3 N–H and O–H groups in total. The standard InChI is InChI=1S/C18H28N6/c1-13(2)10-24(11-14(3)4)18-16(19)17(22-12-23-18)21-9-15-6-5-7-20-8-15/h5-8,12-14H,9-11,19H2,1-4H3,(H,21,22,23). The Morgan fingerprint density at radius 1 is 1.12 bits per heavy atom. The molecule has 0 amide bonds. The summed E-state index contributed by atoms with van der Waals surface area (Å²) in [5.74, 6) is 2.54. The van der Waals surface area contributed by atoms with Crippen LogP contribution in [0.1, 0.15) is 33.3 Å². The van der Waals surface area contributed by atoms with Gasteiger partial charge in [-0.1, -0.05) is 33.8 Å². The van der Waals surface area contributed by atoms with Crippen molar-refractivity contribution < 1.29 is 0 Å². The lowest BCUT2D eigenvalue weighted by Gasteiger charge is -2.28. The lowest BCUT2D eigenvalue weighted by molar-refractivity contribution is 0.549. The van der Waals surface area contributed by atoms with Gasteiger partial charge in [0.25, 0.3) is 0 Å². The maximum atomic E-state index is 6.36. The van der Waals surface area contributed by atoms with E-state index in [1.165, 1.54) is 0 Å². The molecule has 0 saturated carbocycles. The number of hydrogen-bond acceptors (Lipinski definition) is 6. The van der Waals surface area contributed by atoms with Gasteiger partial charge in [-0.05, 0) is 23.5 Å². The molecule has 2 aromatic heterocycles. The van der Waals surface area contributed by atoms with Crippen LogP contribution < -0.4 is 16.0 Å². The van der Waals surface area contributed by atoms with Crippen molar-refractivity contribution in [2.24, 2.45) is 11.8 Å². The van der Waals surface area contributed by atoms with Crippen LogP contribution in [0.15, 0.2) is 30.9 Å². The molecular formula is C18H28N6. The lowest BCUT2D eigenvalue weighted by atomic mass is 10.1. The van der Waals surface area contributed by atoms with Crippen LogP contribution in [-0.2, 0) is 6.54 Å². The highest BCUT2D eigenvalue weighted by Crippen LogP contribution is 2.27. The Morgan fingerprint density at radius 2 is 1.83 bits per heavy atom. The maximum absolute atomic E-state index is 6.36. The molecule has 6 heteroatoms. The number of nitrogens with one attached hydrogen (secondary N) is 1. The maximum Gasteiger partial charge on any atom is 0.157 e. The largest absolute Gasteiger partial charge is 0.393 e. The number of nitrogens with zero attached hydrogens (tertiary/aromatic N) is 4. The summed E-state index contributed by atoms with van der Waals surface area (Å²) in [5.41, 5.74) is 8.04. The van der Waals surface area contributed by atoms with Crippen molar-refractivity contribution in [2.45, 2.75) is 34.2 Å². The number of nitrogen functional groups attached to an aromatic ring is 1. The Balaban J connectivity index is 2.18. The van der Waals surface area contributed by atoms with E-state index in [1.807, 2.05) is 18.3 Å². The molecule has 2 aromatic rings. The predicted octanol–water partition coefficient (Wildman–Crippen LogP) is 3.18. The third-order valence-corrected chi connectivity index (χ3v) is 3.52. The fraction of sp³-hybridized carbons (Fsp3) is 0.500. The van der Waals surface area contributed by atoms with Crippen molar-refractivity contribution in [1.29, 1.82) is 0 Å². The van der Waals surface area contributed by atoms with Gasteiger partial charge in [-0.25, -0.2) is 9.97 Å². The van der Waals surface area contributed by atoms with Gasteiger partial charge < -0.3 is 16.0 Å². The second-order valence-corrected chi connectivity index (χ2v) is 6.87. The predicted molar refractivity (Wildman–Crippen MR) is 99.9 cm³/mol. The molecule has 2 heterocycles. The average molecular weight is 328 g/mol. The van der Waals surface area contributed by atoms with Crippen LogP contribution in [0.5, 0.6) is 0 Å². The zero-order valence-electron chi connectivity index (χ0n) is 15.0. The molecule has 24 heavy (non-hydrogen) atoms. The van der Waals surface area contributed by atoms with Crippen LogP contribution >= 0.6 is 0 Å². The summed E-state index contributed by atoms with van der Waals surface area (Å²) in [5, 5.41) is 3.29. The molecule has 0 aliphatic heterocycles. The van der Waals surface area contributed by atoms with E-state index in [4.69, 9.17) is 5.73 Å². The summed E-state index contributed by atoms with van der Waals surface area (Å²) in [4.78, 5) is 15.1. The van der Waals surface area contributed by atoms with Crippen LogP contribution in [-0.4, -0.2) is 28.0 Å². The summed E-state index contributed by atoms with van der Waals surface area (Å²) < 4.78 is 0. The summed E-state index contributed by atoms with van der Waals surface area (Å²) >= 11 is 0. The number of hydrogen-bond donors (Lipinski definition) is 2. The van der Waals surface area contributed by atoms with E-state index in [-0.39, 0.29) is 0 Å². The van der Waals surface area contributed by atoms with Crippen molar-refractivity contribution >= 4 is 17.3 Å². The Bertz CT molecular complexity index is 617. The second kappa shape index (κ2) is 8.47. The van der Waals surface area contributed by atoms with Crippen LogP contribution in [0, 0.1) is 11.8 Å². The quantitative estimate of drug-likeness (QED) is 0.775. The number of anilines is 3.